The summed E-state index contributed by atoms with van der Waals surface area (Å²) in [4.78, 5) is 3.88. The van der Waals surface area contributed by atoms with Gasteiger partial charge >= 0.3 is 0 Å². The number of pyridine rings is 1. The first-order valence-corrected chi connectivity index (χ1v) is 6.43. The SMILES string of the molecule is Fc1cncc(-c2ccc3c(c2)CCSN3)c1. The van der Waals surface area contributed by atoms with Gasteiger partial charge in [-0.05, 0) is 35.7 Å². The maximum atomic E-state index is 13.1. The number of hydrogen-bond acceptors (Lipinski definition) is 3. The Balaban J connectivity index is 2.04. The fourth-order valence-corrected chi connectivity index (χ4v) is 2.72. The Morgan fingerprint density at radius 3 is 3.00 bits per heavy atom. The van der Waals surface area contributed by atoms with E-state index >= 15 is 0 Å². The van der Waals surface area contributed by atoms with Crippen molar-refractivity contribution in [3.8, 4) is 11.1 Å². The smallest absolute Gasteiger partial charge is 0.142 e. The van der Waals surface area contributed by atoms with Crippen molar-refractivity contribution in [2.24, 2.45) is 0 Å². The Bertz CT molecular complexity index is 557. The van der Waals surface area contributed by atoms with Gasteiger partial charge in [-0.3, -0.25) is 4.98 Å². The topological polar surface area (TPSA) is 24.9 Å². The Labute approximate surface area is 103 Å². The Morgan fingerprint density at radius 1 is 1.18 bits per heavy atom. The van der Waals surface area contributed by atoms with Crippen molar-refractivity contribution < 1.29 is 4.39 Å². The monoisotopic (exact) mass is 246 g/mol. The molecule has 2 heterocycles. The number of aromatic nitrogens is 1. The fourth-order valence-electron chi connectivity index (χ4n) is 1.94. The van der Waals surface area contributed by atoms with Crippen LogP contribution in [0.4, 0.5) is 10.1 Å². The van der Waals surface area contributed by atoms with E-state index in [4.69, 9.17) is 0 Å². The third kappa shape index (κ3) is 2.13. The second-order valence-corrected chi connectivity index (χ2v) is 4.87. The number of benzene rings is 1. The number of nitrogens with zero attached hydrogens (tertiary/aromatic N) is 1. The molecule has 0 aliphatic carbocycles. The number of hydrogen-bond donors (Lipinski definition) is 1. The molecule has 2 aromatic rings. The van der Waals surface area contributed by atoms with E-state index in [1.54, 1.807) is 18.1 Å². The first-order valence-electron chi connectivity index (χ1n) is 5.44. The summed E-state index contributed by atoms with van der Waals surface area (Å²) < 4.78 is 16.4. The molecule has 0 spiro atoms. The van der Waals surface area contributed by atoms with Gasteiger partial charge in [-0.1, -0.05) is 18.0 Å². The van der Waals surface area contributed by atoms with Crippen LogP contribution in [-0.2, 0) is 6.42 Å². The van der Waals surface area contributed by atoms with Crippen LogP contribution in [0.25, 0.3) is 11.1 Å². The average molecular weight is 246 g/mol. The molecule has 4 heteroatoms. The predicted octanol–water partition coefficient (Wildman–Crippen LogP) is 3.50. The molecular weight excluding hydrogens is 235 g/mol. The summed E-state index contributed by atoms with van der Waals surface area (Å²) in [5, 5.41) is 0. The van der Waals surface area contributed by atoms with Gasteiger partial charge in [0.15, 0.2) is 0 Å². The van der Waals surface area contributed by atoms with E-state index in [2.05, 4.69) is 15.8 Å². The molecule has 0 atom stereocenters. The Kier molecular flexibility index (Phi) is 2.73. The standard InChI is InChI=1S/C13H11FN2S/c14-12-6-11(7-15-8-12)9-1-2-13-10(5-9)3-4-17-16-13/h1-2,5-8,16H,3-4H2. The molecule has 1 aliphatic rings. The lowest BCUT2D eigenvalue weighted by molar-refractivity contribution is 0.622. The van der Waals surface area contributed by atoms with Gasteiger partial charge in [0.1, 0.15) is 5.82 Å². The fraction of sp³-hybridized carbons (Fsp3) is 0.154. The van der Waals surface area contributed by atoms with Crippen molar-refractivity contribution in [2.45, 2.75) is 6.42 Å². The zero-order chi connectivity index (χ0) is 11.7. The molecule has 0 radical (unpaired) electrons. The van der Waals surface area contributed by atoms with Crippen LogP contribution >= 0.6 is 11.9 Å². The minimum atomic E-state index is -0.297. The predicted molar refractivity (Wildman–Crippen MR) is 69.4 cm³/mol. The van der Waals surface area contributed by atoms with Crippen LogP contribution in [0.1, 0.15) is 5.56 Å². The van der Waals surface area contributed by atoms with Crippen LogP contribution in [-0.4, -0.2) is 10.7 Å². The molecular formula is C13H11FN2S. The average Bonchev–Trinajstić information content (AvgIpc) is 2.38. The van der Waals surface area contributed by atoms with Gasteiger partial charge in [0.25, 0.3) is 0 Å². The van der Waals surface area contributed by atoms with Gasteiger partial charge in [-0.25, -0.2) is 4.39 Å². The lowest BCUT2D eigenvalue weighted by Crippen LogP contribution is -2.04. The molecule has 1 N–H and O–H groups in total. The second-order valence-electron chi connectivity index (χ2n) is 3.96. The van der Waals surface area contributed by atoms with Crippen LogP contribution in [0.5, 0.6) is 0 Å². The van der Waals surface area contributed by atoms with Crippen LogP contribution < -0.4 is 4.72 Å². The minimum Gasteiger partial charge on any atom is -0.329 e. The van der Waals surface area contributed by atoms with Crippen LogP contribution in [0.2, 0.25) is 0 Å². The molecule has 0 amide bonds. The maximum absolute atomic E-state index is 13.1. The summed E-state index contributed by atoms with van der Waals surface area (Å²) in [7, 11) is 0. The van der Waals surface area contributed by atoms with Gasteiger partial charge < -0.3 is 4.72 Å². The molecule has 2 nitrogen and oxygen atoms in total. The molecule has 86 valence electrons. The van der Waals surface area contributed by atoms with Gasteiger partial charge in [0.05, 0.1) is 6.20 Å². The Morgan fingerprint density at radius 2 is 2.12 bits per heavy atom. The van der Waals surface area contributed by atoms with Crippen LogP contribution in [0.15, 0.2) is 36.7 Å². The van der Waals surface area contributed by atoms with E-state index in [0.29, 0.717) is 0 Å². The highest BCUT2D eigenvalue weighted by atomic mass is 32.2. The van der Waals surface area contributed by atoms with Crippen molar-refractivity contribution >= 4 is 17.6 Å². The normalized spacial score (nSPS) is 13.9. The molecule has 0 unspecified atom stereocenters. The van der Waals surface area contributed by atoms with E-state index in [1.165, 1.54) is 17.8 Å². The Hall–Kier alpha value is -1.55. The lowest BCUT2D eigenvalue weighted by Gasteiger charge is -2.17. The molecule has 0 fully saturated rings. The van der Waals surface area contributed by atoms with Gasteiger partial charge in [-0.15, -0.1) is 0 Å². The van der Waals surface area contributed by atoms with E-state index in [0.717, 1.165) is 29.0 Å². The van der Waals surface area contributed by atoms with Crippen molar-refractivity contribution in [1.82, 2.24) is 4.98 Å². The molecule has 0 saturated carbocycles. The quantitative estimate of drug-likeness (QED) is 0.779. The summed E-state index contributed by atoms with van der Waals surface area (Å²) >= 11 is 1.72. The number of anilines is 1. The van der Waals surface area contributed by atoms with Gasteiger partial charge in [-0.2, -0.15) is 0 Å². The highest BCUT2D eigenvalue weighted by Crippen LogP contribution is 2.30. The summed E-state index contributed by atoms with van der Waals surface area (Å²) in [6.45, 7) is 0. The minimum absolute atomic E-state index is 0.297. The van der Waals surface area contributed by atoms with E-state index in [-0.39, 0.29) is 5.82 Å². The summed E-state index contributed by atoms with van der Waals surface area (Å²) in [6, 6.07) is 7.66. The number of aryl methyl sites for hydroxylation is 1. The van der Waals surface area contributed by atoms with Crippen molar-refractivity contribution in [3.05, 3.63) is 48.0 Å². The third-order valence-corrected chi connectivity index (χ3v) is 3.57. The molecule has 1 aromatic carbocycles. The van der Waals surface area contributed by atoms with Crippen molar-refractivity contribution in [1.29, 1.82) is 0 Å². The largest absolute Gasteiger partial charge is 0.329 e. The summed E-state index contributed by atoms with van der Waals surface area (Å²) in [5.41, 5.74) is 4.29. The van der Waals surface area contributed by atoms with Crippen LogP contribution in [0.3, 0.4) is 0 Å². The molecule has 1 aromatic heterocycles. The van der Waals surface area contributed by atoms with Crippen molar-refractivity contribution in [2.75, 3.05) is 10.5 Å². The number of fused-ring (bicyclic) bond motifs is 1. The number of nitrogens with one attached hydrogen (secondary N) is 1. The molecule has 17 heavy (non-hydrogen) atoms. The van der Waals surface area contributed by atoms with E-state index < -0.39 is 0 Å². The zero-order valence-electron chi connectivity index (χ0n) is 9.11. The van der Waals surface area contributed by atoms with Gasteiger partial charge in [0.2, 0.25) is 0 Å². The number of halogens is 1. The first kappa shape index (κ1) is 10.6. The summed E-state index contributed by atoms with van der Waals surface area (Å²) in [6.07, 6.45) is 3.96. The highest BCUT2D eigenvalue weighted by molar-refractivity contribution is 8.00. The first-order chi connectivity index (χ1) is 8.33. The summed E-state index contributed by atoms with van der Waals surface area (Å²) in [5.74, 6) is 0.770. The molecule has 1 aliphatic heterocycles. The maximum Gasteiger partial charge on any atom is 0.142 e. The molecule has 0 saturated heterocycles. The third-order valence-electron chi connectivity index (χ3n) is 2.80. The lowest BCUT2D eigenvalue weighted by atomic mass is 10.0. The second kappa shape index (κ2) is 4.37. The van der Waals surface area contributed by atoms with E-state index in [9.17, 15) is 4.39 Å². The van der Waals surface area contributed by atoms with Crippen molar-refractivity contribution in [3.63, 3.8) is 0 Å². The van der Waals surface area contributed by atoms with E-state index in [1.807, 2.05) is 12.1 Å². The number of rotatable bonds is 1. The van der Waals surface area contributed by atoms with Crippen LogP contribution in [0, 0.1) is 5.82 Å². The highest BCUT2D eigenvalue weighted by Gasteiger charge is 2.10. The van der Waals surface area contributed by atoms with Gasteiger partial charge in [0, 0.05) is 23.2 Å². The molecule has 0 bridgehead atoms. The molecule has 3 rings (SSSR count). The zero-order valence-corrected chi connectivity index (χ0v) is 9.93.